The molecule has 0 spiro atoms. The molecule has 2 N–H and O–H groups in total. The highest BCUT2D eigenvalue weighted by atomic mass is 32.2. The fourth-order valence-corrected chi connectivity index (χ4v) is 3.89. The summed E-state index contributed by atoms with van der Waals surface area (Å²) in [6.07, 6.45) is 0.687. The molecule has 0 bridgehead atoms. The first-order valence-electron chi connectivity index (χ1n) is 7.96. The molecule has 0 aromatic heterocycles. The average Bonchev–Trinajstić information content (AvgIpc) is 2.57. The number of carboxylic acid groups (broad SMARTS) is 2. The summed E-state index contributed by atoms with van der Waals surface area (Å²) in [4.78, 5) is 20.5. The van der Waals surface area contributed by atoms with Crippen molar-refractivity contribution in [2.45, 2.75) is 19.9 Å². The van der Waals surface area contributed by atoms with Crippen molar-refractivity contribution >= 4 is 22.0 Å². The average molecular weight is 372 g/mol. The smallest absolute Gasteiger partial charge is 0.414 e. The fraction of sp³-hybridized carbons (Fsp3) is 0.500. The number of rotatable bonds is 5. The summed E-state index contributed by atoms with van der Waals surface area (Å²) < 4.78 is 25.6. The van der Waals surface area contributed by atoms with Gasteiger partial charge in [-0.2, -0.15) is 4.31 Å². The molecule has 2 rings (SSSR count). The van der Waals surface area contributed by atoms with Crippen LogP contribution in [-0.2, 0) is 26.2 Å². The van der Waals surface area contributed by atoms with Crippen molar-refractivity contribution in [2.24, 2.45) is 0 Å². The van der Waals surface area contributed by atoms with Crippen LogP contribution in [0.5, 0.6) is 0 Å². The van der Waals surface area contributed by atoms with Gasteiger partial charge < -0.3 is 10.2 Å². The van der Waals surface area contributed by atoms with Gasteiger partial charge in [0, 0.05) is 32.7 Å². The van der Waals surface area contributed by atoms with Gasteiger partial charge in [-0.3, -0.25) is 4.90 Å². The van der Waals surface area contributed by atoms with E-state index in [0.717, 1.165) is 19.6 Å². The molecule has 1 heterocycles. The van der Waals surface area contributed by atoms with Crippen molar-refractivity contribution in [2.75, 3.05) is 31.9 Å². The first-order valence-corrected chi connectivity index (χ1v) is 9.57. The molecule has 9 heteroatoms. The number of hydrogen-bond donors (Lipinski definition) is 2. The van der Waals surface area contributed by atoms with E-state index < -0.39 is 22.0 Å². The number of piperazine rings is 1. The Morgan fingerprint density at radius 1 is 1.00 bits per heavy atom. The Morgan fingerprint density at radius 3 is 1.96 bits per heavy atom. The quantitative estimate of drug-likeness (QED) is 0.731. The van der Waals surface area contributed by atoms with Gasteiger partial charge >= 0.3 is 11.9 Å². The molecule has 1 aromatic carbocycles. The minimum Gasteiger partial charge on any atom is -0.473 e. The van der Waals surface area contributed by atoms with Crippen LogP contribution in [-0.4, -0.2) is 71.7 Å². The van der Waals surface area contributed by atoms with Gasteiger partial charge in [0.15, 0.2) is 0 Å². The van der Waals surface area contributed by atoms with Crippen molar-refractivity contribution in [1.29, 1.82) is 0 Å². The largest absolute Gasteiger partial charge is 0.473 e. The summed E-state index contributed by atoms with van der Waals surface area (Å²) in [6, 6.07) is 10.3. The van der Waals surface area contributed by atoms with Crippen molar-refractivity contribution < 1.29 is 28.2 Å². The van der Waals surface area contributed by atoms with Crippen LogP contribution in [0.2, 0.25) is 0 Å². The number of sulfonamides is 1. The summed E-state index contributed by atoms with van der Waals surface area (Å²) in [5.41, 5.74) is 1.28. The molecule has 1 aliphatic heterocycles. The SMILES string of the molecule is CCCS(=O)(=O)N1CCN(Cc2ccccc2)CC1.O=C(O)C(=O)O. The summed E-state index contributed by atoms with van der Waals surface area (Å²) >= 11 is 0. The van der Waals surface area contributed by atoms with Gasteiger partial charge in [-0.05, 0) is 12.0 Å². The molecule has 0 saturated carbocycles. The third-order valence-electron chi connectivity index (χ3n) is 3.62. The van der Waals surface area contributed by atoms with E-state index in [9.17, 15) is 8.42 Å². The molecule has 1 saturated heterocycles. The van der Waals surface area contributed by atoms with E-state index >= 15 is 0 Å². The molecule has 0 aliphatic carbocycles. The molecule has 1 aliphatic rings. The summed E-state index contributed by atoms with van der Waals surface area (Å²) in [5, 5.41) is 14.8. The van der Waals surface area contributed by atoms with Crippen LogP contribution in [0.4, 0.5) is 0 Å². The lowest BCUT2D eigenvalue weighted by atomic mass is 10.2. The Morgan fingerprint density at radius 2 is 1.52 bits per heavy atom. The standard InChI is InChI=1S/C14H22N2O2S.C2H2O4/c1-2-12-19(17,18)16-10-8-15(9-11-16)13-14-6-4-3-5-7-14;3-1(4)2(5)6/h3-7H,2,8-13H2,1H3;(H,3,4)(H,5,6). The Hall–Kier alpha value is -1.97. The van der Waals surface area contributed by atoms with Crippen LogP contribution in [0.25, 0.3) is 0 Å². The molecule has 25 heavy (non-hydrogen) atoms. The van der Waals surface area contributed by atoms with Crippen molar-refractivity contribution in [1.82, 2.24) is 9.21 Å². The van der Waals surface area contributed by atoms with Crippen LogP contribution in [0, 0.1) is 0 Å². The third kappa shape index (κ3) is 7.63. The number of carbonyl (C=O) groups is 2. The Balaban J connectivity index is 0.000000450. The molecule has 140 valence electrons. The predicted octanol–water partition coefficient (Wildman–Crippen LogP) is 0.700. The van der Waals surface area contributed by atoms with Gasteiger partial charge in [-0.15, -0.1) is 0 Å². The van der Waals surface area contributed by atoms with Gasteiger partial charge in [0.2, 0.25) is 10.0 Å². The zero-order valence-electron chi connectivity index (χ0n) is 14.2. The first kappa shape index (κ1) is 21.1. The Labute approximate surface area is 147 Å². The molecular weight excluding hydrogens is 348 g/mol. The maximum atomic E-state index is 12.0. The van der Waals surface area contributed by atoms with E-state index in [1.807, 2.05) is 25.1 Å². The van der Waals surface area contributed by atoms with Gasteiger partial charge in [0.1, 0.15) is 0 Å². The zero-order valence-corrected chi connectivity index (χ0v) is 15.0. The summed E-state index contributed by atoms with van der Waals surface area (Å²) in [7, 11) is -3.02. The van der Waals surface area contributed by atoms with E-state index in [4.69, 9.17) is 19.8 Å². The molecule has 8 nitrogen and oxygen atoms in total. The molecule has 1 aromatic rings. The highest BCUT2D eigenvalue weighted by Crippen LogP contribution is 2.12. The minimum atomic E-state index is -3.02. The van der Waals surface area contributed by atoms with Gasteiger partial charge in [-0.1, -0.05) is 37.3 Å². The van der Waals surface area contributed by atoms with Crippen LogP contribution in [0.1, 0.15) is 18.9 Å². The van der Waals surface area contributed by atoms with Crippen molar-refractivity contribution in [3.8, 4) is 0 Å². The van der Waals surface area contributed by atoms with E-state index in [-0.39, 0.29) is 5.75 Å². The summed E-state index contributed by atoms with van der Waals surface area (Å²) in [5.74, 6) is -3.38. The normalized spacial score (nSPS) is 15.9. The summed E-state index contributed by atoms with van der Waals surface area (Å²) in [6.45, 7) is 5.69. The molecular formula is C16H24N2O6S. The number of benzene rings is 1. The van der Waals surface area contributed by atoms with E-state index in [2.05, 4.69) is 17.0 Å². The lowest BCUT2D eigenvalue weighted by molar-refractivity contribution is -0.159. The highest BCUT2D eigenvalue weighted by molar-refractivity contribution is 7.89. The van der Waals surface area contributed by atoms with Crippen LogP contribution < -0.4 is 0 Å². The van der Waals surface area contributed by atoms with E-state index in [0.29, 0.717) is 19.5 Å². The monoisotopic (exact) mass is 372 g/mol. The maximum Gasteiger partial charge on any atom is 0.414 e. The lowest BCUT2D eigenvalue weighted by Gasteiger charge is -2.33. The number of nitrogens with zero attached hydrogens (tertiary/aromatic N) is 2. The number of carboxylic acids is 2. The number of hydrogen-bond acceptors (Lipinski definition) is 5. The fourth-order valence-electron chi connectivity index (χ4n) is 2.39. The second-order valence-electron chi connectivity index (χ2n) is 5.59. The number of aliphatic carboxylic acids is 2. The van der Waals surface area contributed by atoms with Gasteiger partial charge in [0.25, 0.3) is 0 Å². The van der Waals surface area contributed by atoms with Crippen molar-refractivity contribution in [3.05, 3.63) is 35.9 Å². The van der Waals surface area contributed by atoms with Gasteiger partial charge in [0.05, 0.1) is 5.75 Å². The second kappa shape index (κ2) is 10.1. The Bertz CT molecular complexity index is 642. The third-order valence-corrected chi connectivity index (χ3v) is 5.69. The van der Waals surface area contributed by atoms with Crippen molar-refractivity contribution in [3.63, 3.8) is 0 Å². The molecule has 0 unspecified atom stereocenters. The van der Waals surface area contributed by atoms with Crippen LogP contribution >= 0.6 is 0 Å². The maximum absolute atomic E-state index is 12.0. The highest BCUT2D eigenvalue weighted by Gasteiger charge is 2.25. The Kier molecular flexibility index (Phi) is 8.53. The lowest BCUT2D eigenvalue weighted by Crippen LogP contribution is -2.48. The first-order chi connectivity index (χ1) is 11.8. The predicted molar refractivity (Wildman–Crippen MR) is 92.6 cm³/mol. The zero-order chi connectivity index (χ0) is 18.9. The molecule has 0 radical (unpaired) electrons. The molecule has 0 atom stereocenters. The topological polar surface area (TPSA) is 115 Å². The van der Waals surface area contributed by atoms with E-state index in [1.54, 1.807) is 4.31 Å². The minimum absolute atomic E-state index is 0.270. The van der Waals surface area contributed by atoms with Crippen LogP contribution in [0.15, 0.2) is 30.3 Å². The van der Waals surface area contributed by atoms with E-state index in [1.165, 1.54) is 5.56 Å². The van der Waals surface area contributed by atoms with Crippen LogP contribution in [0.3, 0.4) is 0 Å². The van der Waals surface area contributed by atoms with Gasteiger partial charge in [-0.25, -0.2) is 18.0 Å². The second-order valence-corrected chi connectivity index (χ2v) is 7.68. The molecule has 0 amide bonds. The molecule has 1 fully saturated rings.